The van der Waals surface area contributed by atoms with Crippen LogP contribution in [-0.2, 0) is 14.8 Å². The molecule has 4 nitrogen and oxygen atoms in total. The maximum atomic E-state index is 12.2. The highest BCUT2D eigenvalue weighted by Gasteiger charge is 2.65. The Hall–Kier alpha value is -0.860. The monoisotopic (exact) mass is 269 g/mol. The van der Waals surface area contributed by atoms with Crippen molar-refractivity contribution in [2.45, 2.75) is 33.1 Å². The van der Waals surface area contributed by atoms with E-state index in [4.69, 9.17) is 6.42 Å². The first-order valence-corrected chi connectivity index (χ1v) is 7.84. The standard InChI is InChI=1S/C13H19NO3S/c1-4-7-14-18(16,17)9-13-6-5-10(8-11(13)15)12(13,2)3/h1,10,14H,5-9H2,2-3H3/t10-,13-/m1/s1. The molecule has 18 heavy (non-hydrogen) atoms. The highest BCUT2D eigenvalue weighted by atomic mass is 32.2. The topological polar surface area (TPSA) is 63.2 Å². The van der Waals surface area contributed by atoms with Crippen molar-refractivity contribution < 1.29 is 13.2 Å². The molecule has 0 spiro atoms. The predicted molar refractivity (Wildman–Crippen MR) is 69.2 cm³/mol. The number of terminal acetylenes is 1. The Kier molecular flexibility index (Phi) is 3.07. The Morgan fingerprint density at radius 2 is 2.17 bits per heavy atom. The summed E-state index contributed by atoms with van der Waals surface area (Å²) >= 11 is 0. The van der Waals surface area contributed by atoms with Crippen LogP contribution in [0.15, 0.2) is 0 Å². The molecular weight excluding hydrogens is 250 g/mol. The SMILES string of the molecule is C#CCNS(=O)(=O)C[C@]12CC[C@H](CC1=O)C2(C)C. The van der Waals surface area contributed by atoms with Crippen LogP contribution in [-0.4, -0.2) is 26.5 Å². The highest BCUT2D eigenvalue weighted by Crippen LogP contribution is 2.64. The van der Waals surface area contributed by atoms with Crippen LogP contribution in [0.5, 0.6) is 0 Å². The van der Waals surface area contributed by atoms with E-state index in [9.17, 15) is 13.2 Å². The maximum Gasteiger partial charge on any atom is 0.213 e. The van der Waals surface area contributed by atoms with Gasteiger partial charge in [-0.05, 0) is 24.2 Å². The number of nitrogens with one attached hydrogen (secondary N) is 1. The molecule has 0 aromatic carbocycles. The average molecular weight is 269 g/mol. The lowest BCUT2D eigenvalue weighted by Crippen LogP contribution is -2.45. The minimum absolute atomic E-state index is 0.0174. The number of sulfonamides is 1. The Morgan fingerprint density at radius 1 is 1.50 bits per heavy atom. The van der Waals surface area contributed by atoms with Crippen molar-refractivity contribution in [2.24, 2.45) is 16.7 Å². The van der Waals surface area contributed by atoms with Gasteiger partial charge in [0.2, 0.25) is 10.0 Å². The normalized spacial score (nSPS) is 33.6. The molecular formula is C13H19NO3S. The molecule has 2 saturated carbocycles. The molecule has 0 amide bonds. The summed E-state index contributed by atoms with van der Waals surface area (Å²) in [5.74, 6) is 2.56. The zero-order chi connectivity index (χ0) is 13.6. The summed E-state index contributed by atoms with van der Waals surface area (Å²) < 4.78 is 26.4. The summed E-state index contributed by atoms with van der Waals surface area (Å²) in [6, 6.07) is 0. The van der Waals surface area contributed by atoms with Crippen molar-refractivity contribution >= 4 is 15.8 Å². The van der Waals surface area contributed by atoms with E-state index >= 15 is 0 Å². The van der Waals surface area contributed by atoms with Crippen molar-refractivity contribution in [3.05, 3.63) is 0 Å². The number of fused-ring (bicyclic) bond motifs is 2. The number of carbonyl (C=O) groups is 1. The van der Waals surface area contributed by atoms with Gasteiger partial charge in [-0.15, -0.1) is 6.42 Å². The van der Waals surface area contributed by atoms with Crippen molar-refractivity contribution in [3.8, 4) is 12.3 Å². The smallest absolute Gasteiger partial charge is 0.213 e. The van der Waals surface area contributed by atoms with Gasteiger partial charge in [-0.2, -0.15) is 0 Å². The van der Waals surface area contributed by atoms with Gasteiger partial charge < -0.3 is 0 Å². The third-order valence-corrected chi connectivity index (χ3v) is 6.43. The lowest BCUT2D eigenvalue weighted by atomic mass is 9.70. The fourth-order valence-corrected chi connectivity index (χ4v) is 5.37. The van der Waals surface area contributed by atoms with Gasteiger partial charge in [-0.1, -0.05) is 19.8 Å². The molecule has 2 bridgehead atoms. The number of hydrogen-bond acceptors (Lipinski definition) is 3. The average Bonchev–Trinajstić information content (AvgIpc) is 2.59. The fourth-order valence-electron chi connectivity index (χ4n) is 3.64. The number of carbonyl (C=O) groups excluding carboxylic acids is 1. The molecule has 2 fully saturated rings. The summed E-state index contributed by atoms with van der Waals surface area (Å²) in [5.41, 5.74) is -0.937. The Balaban J connectivity index is 2.27. The molecule has 0 saturated heterocycles. The van der Waals surface area contributed by atoms with Crippen molar-refractivity contribution in [3.63, 3.8) is 0 Å². The number of Topliss-reactive ketones (excluding diaryl/α,β-unsaturated/α-hetero) is 1. The van der Waals surface area contributed by atoms with Gasteiger partial charge >= 0.3 is 0 Å². The summed E-state index contributed by atoms with van der Waals surface area (Å²) in [7, 11) is -3.49. The van der Waals surface area contributed by atoms with Crippen LogP contribution in [0.25, 0.3) is 0 Å². The van der Waals surface area contributed by atoms with Crippen LogP contribution in [0.1, 0.15) is 33.1 Å². The van der Waals surface area contributed by atoms with E-state index in [1.165, 1.54) is 0 Å². The van der Waals surface area contributed by atoms with Gasteiger partial charge in [-0.25, -0.2) is 13.1 Å². The van der Waals surface area contributed by atoms with Crippen LogP contribution < -0.4 is 4.72 Å². The second-order valence-corrected chi connectivity index (χ2v) is 7.76. The minimum atomic E-state index is -3.49. The Labute approximate surface area is 109 Å². The van der Waals surface area contributed by atoms with Gasteiger partial charge in [-0.3, -0.25) is 4.79 Å². The van der Waals surface area contributed by atoms with Gasteiger partial charge in [0.15, 0.2) is 0 Å². The zero-order valence-corrected chi connectivity index (χ0v) is 11.6. The molecule has 0 aliphatic heterocycles. The maximum absolute atomic E-state index is 12.2. The number of ketones is 1. The number of rotatable bonds is 4. The molecule has 2 aliphatic carbocycles. The first-order valence-electron chi connectivity index (χ1n) is 6.19. The van der Waals surface area contributed by atoms with Crippen LogP contribution in [0.4, 0.5) is 0 Å². The second-order valence-electron chi connectivity index (χ2n) is 5.95. The lowest BCUT2D eigenvalue weighted by molar-refractivity contribution is -0.128. The molecule has 1 N–H and O–H groups in total. The third kappa shape index (κ3) is 1.79. The zero-order valence-electron chi connectivity index (χ0n) is 10.8. The van der Waals surface area contributed by atoms with E-state index in [0.717, 1.165) is 6.42 Å². The molecule has 0 heterocycles. The van der Waals surface area contributed by atoms with Gasteiger partial charge in [0, 0.05) is 11.8 Å². The van der Waals surface area contributed by atoms with E-state index in [1.54, 1.807) is 0 Å². The van der Waals surface area contributed by atoms with E-state index in [-0.39, 0.29) is 23.5 Å². The Morgan fingerprint density at radius 3 is 2.61 bits per heavy atom. The fraction of sp³-hybridized carbons (Fsp3) is 0.769. The molecule has 0 unspecified atom stereocenters. The van der Waals surface area contributed by atoms with E-state index < -0.39 is 15.4 Å². The third-order valence-electron chi connectivity index (χ3n) is 4.97. The van der Waals surface area contributed by atoms with Crippen molar-refractivity contribution in [1.29, 1.82) is 0 Å². The molecule has 5 heteroatoms. The van der Waals surface area contributed by atoms with Crippen molar-refractivity contribution in [1.82, 2.24) is 4.72 Å². The molecule has 100 valence electrons. The van der Waals surface area contributed by atoms with Crippen molar-refractivity contribution in [2.75, 3.05) is 12.3 Å². The van der Waals surface area contributed by atoms with Crippen LogP contribution in [0.3, 0.4) is 0 Å². The highest BCUT2D eigenvalue weighted by molar-refractivity contribution is 7.89. The number of hydrogen-bond donors (Lipinski definition) is 1. The van der Waals surface area contributed by atoms with Gasteiger partial charge in [0.1, 0.15) is 5.78 Å². The lowest BCUT2D eigenvalue weighted by Gasteiger charge is -2.36. The summed E-state index contributed by atoms with van der Waals surface area (Å²) in [5, 5.41) is 0. The summed E-state index contributed by atoms with van der Waals surface area (Å²) in [6.45, 7) is 4.02. The van der Waals surface area contributed by atoms with E-state index in [2.05, 4.69) is 10.6 Å². The molecule has 2 atom stereocenters. The Bertz CT molecular complexity index is 515. The molecule has 2 aliphatic rings. The first kappa shape index (κ1) is 13.6. The van der Waals surface area contributed by atoms with Gasteiger partial charge in [0.05, 0.1) is 12.3 Å². The molecule has 0 radical (unpaired) electrons. The summed E-state index contributed by atoms with van der Waals surface area (Å²) in [4.78, 5) is 12.2. The van der Waals surface area contributed by atoms with Crippen LogP contribution in [0, 0.1) is 29.1 Å². The largest absolute Gasteiger partial charge is 0.299 e. The second kappa shape index (κ2) is 4.07. The first-order chi connectivity index (χ1) is 8.25. The summed E-state index contributed by atoms with van der Waals surface area (Å²) in [6.07, 6.45) is 7.21. The molecule has 0 aromatic heterocycles. The van der Waals surface area contributed by atoms with Gasteiger partial charge in [0.25, 0.3) is 0 Å². The van der Waals surface area contributed by atoms with E-state index in [1.807, 2.05) is 13.8 Å². The van der Waals surface area contributed by atoms with Crippen LogP contribution in [0.2, 0.25) is 0 Å². The van der Waals surface area contributed by atoms with Crippen LogP contribution >= 0.6 is 0 Å². The molecule has 0 aromatic rings. The minimum Gasteiger partial charge on any atom is -0.299 e. The molecule has 2 rings (SSSR count). The van der Waals surface area contributed by atoms with E-state index in [0.29, 0.717) is 18.8 Å². The predicted octanol–water partition coefficient (Wildman–Crippen LogP) is 0.934. The quantitative estimate of drug-likeness (QED) is 0.772.